The van der Waals surface area contributed by atoms with E-state index in [1.54, 1.807) is 13.0 Å². The van der Waals surface area contributed by atoms with E-state index in [9.17, 15) is 22.8 Å². The number of hydrogen-bond donors (Lipinski definition) is 1. The van der Waals surface area contributed by atoms with Crippen molar-refractivity contribution in [2.75, 3.05) is 26.7 Å². The second-order valence-corrected chi connectivity index (χ2v) is 11.5. The monoisotopic (exact) mass is 481 g/mol. The van der Waals surface area contributed by atoms with Crippen molar-refractivity contribution in [3.8, 4) is 0 Å². The van der Waals surface area contributed by atoms with Gasteiger partial charge in [-0.3, -0.25) is 9.59 Å². The number of likely N-dealkylation sites (N-methyl/N-ethyl adjacent to an activating group) is 1. The molecule has 1 aliphatic heterocycles. The SMILES string of the molecule is Cc1ccc(S(=O)(=O)N2CCCCC2C)cc1C(=O)OCC(=O)N(C)CC(=O)NC(C)(C)C. The molecule has 33 heavy (non-hydrogen) atoms. The maximum Gasteiger partial charge on any atom is 0.338 e. The number of benzene rings is 1. The van der Waals surface area contributed by atoms with E-state index in [0.29, 0.717) is 12.1 Å². The van der Waals surface area contributed by atoms with Gasteiger partial charge in [0.05, 0.1) is 17.0 Å². The summed E-state index contributed by atoms with van der Waals surface area (Å²) in [6, 6.07) is 4.24. The molecule has 2 rings (SSSR count). The van der Waals surface area contributed by atoms with Gasteiger partial charge in [0, 0.05) is 25.2 Å². The molecule has 1 aromatic carbocycles. The van der Waals surface area contributed by atoms with Crippen molar-refractivity contribution >= 4 is 27.8 Å². The molecule has 1 heterocycles. The number of carbonyl (C=O) groups excluding carboxylic acids is 3. The highest BCUT2D eigenvalue weighted by atomic mass is 32.2. The number of sulfonamides is 1. The molecule has 0 saturated carbocycles. The Kier molecular flexibility index (Phi) is 8.64. The summed E-state index contributed by atoms with van der Waals surface area (Å²) in [4.78, 5) is 38.1. The maximum atomic E-state index is 13.1. The Bertz CT molecular complexity index is 1000. The van der Waals surface area contributed by atoms with Crippen LogP contribution in [0.15, 0.2) is 23.1 Å². The summed E-state index contributed by atoms with van der Waals surface area (Å²) in [5.74, 6) is -1.67. The smallest absolute Gasteiger partial charge is 0.338 e. The van der Waals surface area contributed by atoms with Crippen LogP contribution in [-0.2, 0) is 24.3 Å². The Morgan fingerprint density at radius 2 is 1.88 bits per heavy atom. The lowest BCUT2D eigenvalue weighted by atomic mass is 10.1. The average molecular weight is 482 g/mol. The highest BCUT2D eigenvalue weighted by Crippen LogP contribution is 2.26. The number of nitrogens with zero attached hydrogens (tertiary/aromatic N) is 2. The number of hydrogen-bond acceptors (Lipinski definition) is 6. The average Bonchev–Trinajstić information content (AvgIpc) is 2.70. The molecule has 1 aromatic rings. The molecule has 9 nitrogen and oxygen atoms in total. The van der Waals surface area contributed by atoms with Gasteiger partial charge < -0.3 is 15.0 Å². The van der Waals surface area contributed by atoms with E-state index in [0.717, 1.165) is 19.3 Å². The van der Waals surface area contributed by atoms with Crippen LogP contribution in [0.5, 0.6) is 0 Å². The number of aryl methyl sites for hydroxylation is 1. The zero-order valence-corrected chi connectivity index (χ0v) is 21.1. The van der Waals surface area contributed by atoms with Gasteiger partial charge in [-0.1, -0.05) is 12.5 Å². The van der Waals surface area contributed by atoms with Crippen LogP contribution < -0.4 is 5.32 Å². The van der Waals surface area contributed by atoms with E-state index in [1.807, 2.05) is 27.7 Å². The first-order valence-electron chi connectivity index (χ1n) is 11.1. The van der Waals surface area contributed by atoms with E-state index in [-0.39, 0.29) is 29.0 Å². The lowest BCUT2D eigenvalue weighted by Gasteiger charge is -2.32. The van der Waals surface area contributed by atoms with Crippen LogP contribution in [0.4, 0.5) is 0 Å². The first-order valence-corrected chi connectivity index (χ1v) is 12.5. The first kappa shape index (κ1) is 26.8. The van der Waals surface area contributed by atoms with Crippen molar-refractivity contribution in [1.82, 2.24) is 14.5 Å². The quantitative estimate of drug-likeness (QED) is 0.597. The molecule has 0 spiro atoms. The molecule has 0 aromatic heterocycles. The van der Waals surface area contributed by atoms with E-state index < -0.39 is 34.0 Å². The third-order valence-corrected chi connectivity index (χ3v) is 7.43. The van der Waals surface area contributed by atoms with Crippen LogP contribution in [0.1, 0.15) is 62.9 Å². The minimum absolute atomic E-state index is 0.0242. The van der Waals surface area contributed by atoms with Crippen molar-refractivity contribution < 1.29 is 27.5 Å². The van der Waals surface area contributed by atoms with E-state index >= 15 is 0 Å². The van der Waals surface area contributed by atoms with E-state index in [2.05, 4.69) is 5.32 Å². The Hall–Kier alpha value is -2.46. The van der Waals surface area contributed by atoms with E-state index in [4.69, 9.17) is 4.74 Å². The van der Waals surface area contributed by atoms with E-state index in [1.165, 1.54) is 28.4 Å². The van der Waals surface area contributed by atoms with Gasteiger partial charge in [-0.15, -0.1) is 0 Å². The highest BCUT2D eigenvalue weighted by molar-refractivity contribution is 7.89. The molecule has 1 aliphatic rings. The molecule has 1 unspecified atom stereocenters. The summed E-state index contributed by atoms with van der Waals surface area (Å²) in [6.45, 7) is 8.75. The van der Waals surface area contributed by atoms with Gasteiger partial charge in [0.15, 0.2) is 6.61 Å². The summed E-state index contributed by atoms with van der Waals surface area (Å²) in [5, 5.41) is 2.75. The fourth-order valence-electron chi connectivity index (χ4n) is 3.62. The summed E-state index contributed by atoms with van der Waals surface area (Å²) in [7, 11) is -2.31. The number of rotatable bonds is 7. The molecule has 1 N–H and O–H groups in total. The number of nitrogens with one attached hydrogen (secondary N) is 1. The van der Waals surface area contributed by atoms with Crippen LogP contribution in [0.3, 0.4) is 0 Å². The van der Waals surface area contributed by atoms with Gasteiger partial charge in [-0.25, -0.2) is 13.2 Å². The Morgan fingerprint density at radius 1 is 1.21 bits per heavy atom. The van der Waals surface area contributed by atoms with Crippen LogP contribution in [0.2, 0.25) is 0 Å². The number of carbonyl (C=O) groups is 3. The van der Waals surface area contributed by atoms with Crippen LogP contribution in [-0.4, -0.2) is 73.7 Å². The minimum atomic E-state index is -3.75. The van der Waals surface area contributed by atoms with Crippen molar-refractivity contribution in [1.29, 1.82) is 0 Å². The Labute approximate surface area is 196 Å². The third kappa shape index (κ3) is 7.26. The lowest BCUT2D eigenvalue weighted by Crippen LogP contribution is -2.46. The summed E-state index contributed by atoms with van der Waals surface area (Å²) in [6.07, 6.45) is 2.58. The number of esters is 1. The third-order valence-electron chi connectivity index (χ3n) is 5.43. The molecule has 10 heteroatoms. The topological polar surface area (TPSA) is 113 Å². The van der Waals surface area contributed by atoms with Gasteiger partial charge in [-0.05, 0) is 65.2 Å². The summed E-state index contributed by atoms with van der Waals surface area (Å²) < 4.78 is 32.8. The fraction of sp³-hybridized carbons (Fsp3) is 0.609. The fourth-order valence-corrected chi connectivity index (χ4v) is 5.35. The molecule has 0 bridgehead atoms. The molecular weight excluding hydrogens is 446 g/mol. The predicted octanol–water partition coefficient (Wildman–Crippen LogP) is 2.09. The molecule has 0 radical (unpaired) electrons. The van der Waals surface area contributed by atoms with Crippen molar-refractivity contribution in [3.05, 3.63) is 29.3 Å². The van der Waals surface area contributed by atoms with Gasteiger partial charge in [0.25, 0.3) is 5.91 Å². The maximum absolute atomic E-state index is 13.1. The normalized spacial score (nSPS) is 17.3. The molecule has 1 fully saturated rings. The van der Waals surface area contributed by atoms with Crippen LogP contribution in [0, 0.1) is 6.92 Å². The standard InChI is InChI=1S/C23H35N3O6S/c1-16-10-11-18(33(30,31)26-12-8-7-9-17(26)2)13-19(16)22(29)32-15-21(28)25(6)14-20(27)24-23(3,4)5/h10-11,13,17H,7-9,12,14-15H2,1-6H3,(H,24,27). The van der Waals surface area contributed by atoms with Crippen LogP contribution >= 0.6 is 0 Å². The minimum Gasteiger partial charge on any atom is -0.452 e. The highest BCUT2D eigenvalue weighted by Gasteiger charge is 2.31. The molecule has 0 aliphatic carbocycles. The first-order chi connectivity index (χ1) is 15.2. The van der Waals surface area contributed by atoms with Gasteiger partial charge in [0.2, 0.25) is 15.9 Å². The zero-order chi connectivity index (χ0) is 25.0. The molecular formula is C23H35N3O6S. The number of amides is 2. The zero-order valence-electron chi connectivity index (χ0n) is 20.3. The lowest BCUT2D eigenvalue weighted by molar-refractivity contribution is -0.137. The number of ether oxygens (including phenoxy) is 1. The number of piperidine rings is 1. The van der Waals surface area contributed by atoms with Crippen molar-refractivity contribution in [2.24, 2.45) is 0 Å². The van der Waals surface area contributed by atoms with Crippen LogP contribution in [0.25, 0.3) is 0 Å². The second-order valence-electron chi connectivity index (χ2n) is 9.56. The Balaban J connectivity index is 2.06. The predicted molar refractivity (Wildman–Crippen MR) is 124 cm³/mol. The van der Waals surface area contributed by atoms with Crippen molar-refractivity contribution in [3.63, 3.8) is 0 Å². The van der Waals surface area contributed by atoms with Crippen molar-refractivity contribution in [2.45, 2.75) is 70.4 Å². The molecule has 1 atom stereocenters. The van der Waals surface area contributed by atoms with Gasteiger partial charge >= 0.3 is 5.97 Å². The summed E-state index contributed by atoms with van der Waals surface area (Å²) >= 11 is 0. The second kappa shape index (κ2) is 10.6. The molecule has 184 valence electrons. The molecule has 1 saturated heterocycles. The van der Waals surface area contributed by atoms with Gasteiger partial charge in [0.1, 0.15) is 0 Å². The summed E-state index contributed by atoms with van der Waals surface area (Å²) in [5.41, 5.74) is 0.195. The largest absolute Gasteiger partial charge is 0.452 e. The molecule has 2 amide bonds. The van der Waals surface area contributed by atoms with Gasteiger partial charge in [-0.2, -0.15) is 4.31 Å². The Morgan fingerprint density at radius 3 is 2.48 bits per heavy atom.